The van der Waals surface area contributed by atoms with Crippen LogP contribution in [0.4, 0.5) is 19.0 Å². The molecule has 1 aromatic carbocycles. The molecule has 1 unspecified atom stereocenters. The van der Waals surface area contributed by atoms with Gasteiger partial charge in [0.15, 0.2) is 0 Å². The first kappa shape index (κ1) is 20.8. The molecule has 2 aromatic heterocycles. The summed E-state index contributed by atoms with van der Waals surface area (Å²) in [6.45, 7) is 3.16. The zero-order chi connectivity index (χ0) is 21.6. The van der Waals surface area contributed by atoms with Gasteiger partial charge in [0.25, 0.3) is 5.56 Å². The van der Waals surface area contributed by atoms with E-state index in [4.69, 9.17) is 0 Å². The summed E-state index contributed by atoms with van der Waals surface area (Å²) in [5.74, 6) is 0.926. The lowest BCUT2D eigenvalue weighted by Crippen LogP contribution is -2.28. The predicted octanol–water partition coefficient (Wildman–Crippen LogP) is 5.66. The number of alkyl halides is 4. The number of nitrogens with one attached hydrogen (secondary N) is 1. The predicted molar refractivity (Wildman–Crippen MR) is 113 cm³/mol. The molecule has 0 radical (unpaired) electrons. The Balaban J connectivity index is 1.76. The molecule has 0 bridgehead atoms. The number of pyridine rings is 1. The van der Waals surface area contributed by atoms with E-state index in [0.29, 0.717) is 28.1 Å². The van der Waals surface area contributed by atoms with E-state index in [9.17, 15) is 18.0 Å². The van der Waals surface area contributed by atoms with Crippen LogP contribution in [-0.4, -0.2) is 14.5 Å². The van der Waals surface area contributed by atoms with Crippen LogP contribution in [0.25, 0.3) is 10.9 Å². The summed E-state index contributed by atoms with van der Waals surface area (Å²) in [7, 11) is 0. The summed E-state index contributed by atoms with van der Waals surface area (Å²) in [5, 5.41) is 3.82. The van der Waals surface area contributed by atoms with Crippen molar-refractivity contribution in [2.75, 3.05) is 5.32 Å². The molecule has 0 aliphatic heterocycles. The van der Waals surface area contributed by atoms with Gasteiger partial charge in [-0.15, -0.1) is 0 Å². The maximum Gasteiger partial charge on any atom is 0.416 e. The number of halogens is 4. The Bertz CT molecular complexity index is 1170. The van der Waals surface area contributed by atoms with Crippen molar-refractivity contribution in [3.8, 4) is 0 Å². The molecule has 0 spiro atoms. The van der Waals surface area contributed by atoms with Gasteiger partial charge >= 0.3 is 6.18 Å². The minimum Gasteiger partial charge on any atom is -0.353 e. The van der Waals surface area contributed by atoms with Gasteiger partial charge in [-0.3, -0.25) is 4.79 Å². The number of hydrogen-bond donors (Lipinski definition) is 1. The van der Waals surface area contributed by atoms with Gasteiger partial charge in [-0.1, -0.05) is 28.1 Å². The van der Waals surface area contributed by atoms with E-state index < -0.39 is 16.7 Å². The molecule has 1 aliphatic carbocycles. The Hall–Kier alpha value is -2.42. The zero-order valence-corrected chi connectivity index (χ0v) is 18.0. The minimum atomic E-state index is -4.43. The third-order valence-electron chi connectivity index (χ3n) is 5.56. The van der Waals surface area contributed by atoms with E-state index in [-0.39, 0.29) is 17.2 Å². The second-order valence-corrected chi connectivity index (χ2v) is 8.46. The molecule has 1 N–H and O–H groups in total. The van der Waals surface area contributed by atoms with Crippen molar-refractivity contribution in [2.24, 2.45) is 0 Å². The fourth-order valence-electron chi connectivity index (χ4n) is 3.73. The third kappa shape index (κ3) is 3.82. The van der Waals surface area contributed by atoms with Crippen LogP contribution in [0.15, 0.2) is 35.3 Å². The summed E-state index contributed by atoms with van der Waals surface area (Å²) in [6, 6.07) is 5.75. The summed E-state index contributed by atoms with van der Waals surface area (Å²) < 4.78 is 41.6. The Morgan fingerprint density at radius 3 is 2.60 bits per heavy atom. The number of fused-ring (bicyclic) bond motifs is 1. The fourth-order valence-corrected chi connectivity index (χ4v) is 4.44. The van der Waals surface area contributed by atoms with Crippen LogP contribution in [0.2, 0.25) is 0 Å². The van der Waals surface area contributed by atoms with Crippen LogP contribution >= 0.6 is 15.9 Å². The Morgan fingerprint density at radius 2 is 1.97 bits per heavy atom. The van der Waals surface area contributed by atoms with Gasteiger partial charge in [-0.05, 0) is 50.3 Å². The quantitative estimate of drug-likeness (QED) is 0.386. The highest BCUT2D eigenvalue weighted by Gasteiger charge is 2.33. The normalized spacial score (nSPS) is 15.8. The highest BCUT2D eigenvalue weighted by atomic mass is 79.9. The molecule has 1 atom stereocenters. The second-order valence-electron chi connectivity index (χ2n) is 7.55. The topological polar surface area (TPSA) is 59.8 Å². The summed E-state index contributed by atoms with van der Waals surface area (Å²) in [5.41, 5.74) is 0.322. The molecule has 9 heteroatoms. The van der Waals surface area contributed by atoms with Crippen molar-refractivity contribution in [2.45, 2.75) is 50.3 Å². The molecule has 5 nitrogen and oxygen atoms in total. The molecular formula is C21H20BrF3N4O. The Kier molecular flexibility index (Phi) is 5.34. The molecule has 0 amide bonds. The fraction of sp³-hybridized carbons (Fsp3) is 0.381. The van der Waals surface area contributed by atoms with E-state index in [1.807, 2.05) is 0 Å². The maximum atomic E-state index is 13.3. The third-order valence-corrected chi connectivity index (χ3v) is 6.28. The standard InChI is InChI=1S/C21H20BrF3N4O/c1-11-14(7-4-8-16(11)21(23,24)25)19(22)28-20-15-10-29(13-5-3-6-13)18(30)9-17(15)26-12(2)27-20/h4,7-10,13,19H,3,5-6H2,1-2H3,(H,26,27,28). The van der Waals surface area contributed by atoms with Crippen LogP contribution in [0.1, 0.15) is 52.8 Å². The number of aryl methyl sites for hydroxylation is 1. The van der Waals surface area contributed by atoms with Crippen molar-refractivity contribution in [3.05, 3.63) is 63.3 Å². The number of aromatic nitrogens is 3. The van der Waals surface area contributed by atoms with Crippen LogP contribution in [0.3, 0.4) is 0 Å². The lowest BCUT2D eigenvalue weighted by molar-refractivity contribution is -0.138. The van der Waals surface area contributed by atoms with Crippen molar-refractivity contribution >= 4 is 32.7 Å². The number of anilines is 1. The molecule has 30 heavy (non-hydrogen) atoms. The average Bonchev–Trinajstić information content (AvgIpc) is 2.60. The van der Waals surface area contributed by atoms with Gasteiger partial charge in [0.2, 0.25) is 0 Å². The van der Waals surface area contributed by atoms with Crippen LogP contribution in [0.5, 0.6) is 0 Å². The molecule has 2 heterocycles. The van der Waals surface area contributed by atoms with Crippen molar-refractivity contribution in [3.63, 3.8) is 0 Å². The zero-order valence-electron chi connectivity index (χ0n) is 16.4. The number of benzene rings is 1. The van der Waals surface area contributed by atoms with Gasteiger partial charge in [0.05, 0.1) is 16.5 Å². The molecular weight excluding hydrogens is 461 g/mol. The van der Waals surface area contributed by atoms with Gasteiger partial charge in [-0.25, -0.2) is 9.97 Å². The smallest absolute Gasteiger partial charge is 0.353 e. The lowest BCUT2D eigenvalue weighted by Gasteiger charge is -2.28. The molecule has 158 valence electrons. The number of nitrogens with zero attached hydrogens (tertiary/aromatic N) is 3. The maximum absolute atomic E-state index is 13.3. The van der Waals surface area contributed by atoms with Gasteiger partial charge in [0.1, 0.15) is 16.6 Å². The first-order chi connectivity index (χ1) is 14.1. The summed E-state index contributed by atoms with van der Waals surface area (Å²) >= 11 is 3.46. The molecule has 1 saturated carbocycles. The average molecular weight is 481 g/mol. The summed E-state index contributed by atoms with van der Waals surface area (Å²) in [4.78, 5) is 20.7. The van der Waals surface area contributed by atoms with Gasteiger partial charge in [0, 0.05) is 18.3 Å². The first-order valence-electron chi connectivity index (χ1n) is 9.63. The summed E-state index contributed by atoms with van der Waals surface area (Å²) in [6.07, 6.45) is 0.311. The van der Waals surface area contributed by atoms with E-state index in [0.717, 1.165) is 25.3 Å². The molecule has 3 aromatic rings. The minimum absolute atomic E-state index is 0.111. The Morgan fingerprint density at radius 1 is 1.23 bits per heavy atom. The Labute approximate surface area is 179 Å². The van der Waals surface area contributed by atoms with Crippen molar-refractivity contribution < 1.29 is 13.2 Å². The van der Waals surface area contributed by atoms with E-state index in [2.05, 4.69) is 31.2 Å². The van der Waals surface area contributed by atoms with Crippen LogP contribution in [-0.2, 0) is 6.18 Å². The van der Waals surface area contributed by atoms with Crippen molar-refractivity contribution in [1.82, 2.24) is 14.5 Å². The SMILES string of the molecule is Cc1nc(NC(Br)c2cccc(C(F)(F)F)c2C)c2cn(C3CCC3)c(=O)cc2n1. The van der Waals surface area contributed by atoms with Crippen LogP contribution < -0.4 is 10.9 Å². The van der Waals surface area contributed by atoms with Crippen LogP contribution in [0, 0.1) is 13.8 Å². The first-order valence-corrected chi connectivity index (χ1v) is 10.5. The molecule has 1 aliphatic rings. The molecule has 0 saturated heterocycles. The monoisotopic (exact) mass is 480 g/mol. The van der Waals surface area contributed by atoms with E-state index in [1.54, 1.807) is 23.8 Å². The van der Waals surface area contributed by atoms with Gasteiger partial charge in [-0.2, -0.15) is 13.2 Å². The number of rotatable bonds is 4. The van der Waals surface area contributed by atoms with E-state index in [1.165, 1.54) is 19.1 Å². The molecule has 1 fully saturated rings. The highest BCUT2D eigenvalue weighted by Crippen LogP contribution is 2.37. The second kappa shape index (κ2) is 7.68. The van der Waals surface area contributed by atoms with Crippen molar-refractivity contribution in [1.29, 1.82) is 0 Å². The highest BCUT2D eigenvalue weighted by molar-refractivity contribution is 9.09. The van der Waals surface area contributed by atoms with E-state index >= 15 is 0 Å². The van der Waals surface area contributed by atoms with Gasteiger partial charge < -0.3 is 9.88 Å². The molecule has 4 rings (SSSR count). The number of hydrogen-bond acceptors (Lipinski definition) is 4. The lowest BCUT2D eigenvalue weighted by atomic mass is 9.93. The largest absolute Gasteiger partial charge is 0.416 e.